The van der Waals surface area contributed by atoms with E-state index in [1.54, 1.807) is 0 Å². The summed E-state index contributed by atoms with van der Waals surface area (Å²) < 4.78 is 0. The third-order valence-electron chi connectivity index (χ3n) is 5.78. The fraction of sp³-hybridized carbons (Fsp3) is 0.760. The summed E-state index contributed by atoms with van der Waals surface area (Å²) in [5.41, 5.74) is 1.49. The van der Waals surface area contributed by atoms with Crippen LogP contribution in [0.15, 0.2) is 30.3 Å². The average Bonchev–Trinajstić information content (AvgIpc) is 2.61. The lowest BCUT2D eigenvalue weighted by atomic mass is 9.84. The molecule has 0 heterocycles. The molecule has 0 aliphatic rings. The van der Waals surface area contributed by atoms with Crippen LogP contribution in [0, 0.1) is 5.92 Å². The third kappa shape index (κ3) is 14.3. The van der Waals surface area contributed by atoms with E-state index < -0.39 is 0 Å². The van der Waals surface area contributed by atoms with Crippen LogP contribution in [0.3, 0.4) is 0 Å². The van der Waals surface area contributed by atoms with Crippen LogP contribution in [-0.2, 0) is 6.42 Å². The molecular formula is C25H47OP. The predicted molar refractivity (Wildman–Crippen MR) is 127 cm³/mol. The molecule has 158 valence electrons. The Morgan fingerprint density at radius 2 is 1.19 bits per heavy atom. The van der Waals surface area contributed by atoms with E-state index in [1.807, 2.05) is 0 Å². The van der Waals surface area contributed by atoms with Gasteiger partial charge in [-0.15, -0.1) is 9.24 Å². The van der Waals surface area contributed by atoms with Gasteiger partial charge in [0.15, 0.2) is 0 Å². The summed E-state index contributed by atoms with van der Waals surface area (Å²) in [7, 11) is 3.09. The van der Waals surface area contributed by atoms with E-state index >= 15 is 0 Å². The largest absolute Gasteiger partial charge is 0.412 e. The number of hydrogen-bond acceptors (Lipinski definition) is 0. The molecule has 2 atom stereocenters. The first kappa shape index (κ1) is 26.6. The fourth-order valence-electron chi connectivity index (χ4n) is 3.87. The molecule has 1 aromatic carbocycles. The van der Waals surface area contributed by atoms with E-state index in [1.165, 1.54) is 95.5 Å². The highest BCUT2D eigenvalue weighted by Gasteiger charge is 2.24. The summed E-state index contributed by atoms with van der Waals surface area (Å²) in [6.45, 7) is 7.06. The van der Waals surface area contributed by atoms with Gasteiger partial charge in [0.1, 0.15) is 0 Å². The normalized spacial score (nSPS) is 12.6. The first-order chi connectivity index (χ1) is 12.5. The van der Waals surface area contributed by atoms with Gasteiger partial charge in [0, 0.05) is 0 Å². The molecule has 0 saturated carbocycles. The summed E-state index contributed by atoms with van der Waals surface area (Å²) in [6, 6.07) is 11.0. The Morgan fingerprint density at radius 1 is 0.741 bits per heavy atom. The van der Waals surface area contributed by atoms with Gasteiger partial charge in [0.2, 0.25) is 0 Å². The molecule has 0 saturated heterocycles. The van der Waals surface area contributed by atoms with Crippen LogP contribution in [0.2, 0.25) is 0 Å². The number of rotatable bonds is 16. The maximum absolute atomic E-state index is 3.09. The van der Waals surface area contributed by atoms with Gasteiger partial charge in [-0.3, -0.25) is 0 Å². The van der Waals surface area contributed by atoms with E-state index in [0.717, 1.165) is 5.92 Å². The van der Waals surface area contributed by atoms with Crippen molar-refractivity contribution in [2.45, 2.75) is 116 Å². The molecular weight excluding hydrogens is 347 g/mol. The van der Waals surface area contributed by atoms with Crippen LogP contribution in [0.5, 0.6) is 0 Å². The molecule has 2 N–H and O–H groups in total. The average molecular weight is 395 g/mol. The van der Waals surface area contributed by atoms with Crippen molar-refractivity contribution >= 4 is 9.24 Å². The Balaban J connectivity index is 0.00000676. The van der Waals surface area contributed by atoms with Crippen LogP contribution in [0.1, 0.15) is 110 Å². The van der Waals surface area contributed by atoms with Crippen molar-refractivity contribution in [1.82, 2.24) is 0 Å². The second kappa shape index (κ2) is 16.6. The van der Waals surface area contributed by atoms with E-state index in [4.69, 9.17) is 0 Å². The SMILES string of the molecule is CCCCCCCCCCCCCCC(Cc1ccccc1)C(C)(C)P.O. The molecule has 0 aliphatic heterocycles. The minimum Gasteiger partial charge on any atom is -0.412 e. The molecule has 27 heavy (non-hydrogen) atoms. The van der Waals surface area contributed by atoms with Gasteiger partial charge in [-0.1, -0.05) is 128 Å². The monoisotopic (exact) mass is 394 g/mol. The topological polar surface area (TPSA) is 31.5 Å². The summed E-state index contributed by atoms with van der Waals surface area (Å²) in [6.07, 6.45) is 19.8. The van der Waals surface area contributed by atoms with Gasteiger partial charge in [-0.25, -0.2) is 0 Å². The summed E-state index contributed by atoms with van der Waals surface area (Å²) in [5.74, 6) is 0.762. The molecule has 0 radical (unpaired) electrons. The molecule has 2 unspecified atom stereocenters. The maximum atomic E-state index is 3.09. The zero-order chi connectivity index (χ0) is 19.1. The Bertz CT molecular complexity index is 424. The predicted octanol–water partition coefficient (Wildman–Crippen LogP) is 7.77. The van der Waals surface area contributed by atoms with E-state index in [-0.39, 0.29) is 5.48 Å². The van der Waals surface area contributed by atoms with Crippen molar-refractivity contribution in [2.24, 2.45) is 5.92 Å². The molecule has 0 fully saturated rings. The molecule has 0 spiro atoms. The highest BCUT2D eigenvalue weighted by molar-refractivity contribution is 7.18. The lowest BCUT2D eigenvalue weighted by Gasteiger charge is -2.31. The molecule has 2 heteroatoms. The Labute approximate surface area is 172 Å². The van der Waals surface area contributed by atoms with Crippen LogP contribution in [-0.4, -0.2) is 10.6 Å². The van der Waals surface area contributed by atoms with Crippen LogP contribution < -0.4 is 0 Å². The fourth-order valence-corrected chi connectivity index (χ4v) is 4.15. The molecule has 0 aliphatic carbocycles. The van der Waals surface area contributed by atoms with Gasteiger partial charge in [-0.05, 0) is 29.5 Å². The highest BCUT2D eigenvalue weighted by atomic mass is 31.0. The maximum Gasteiger partial charge on any atom is -0.0175 e. The minimum atomic E-state index is 0. The van der Waals surface area contributed by atoms with Crippen LogP contribution in [0.25, 0.3) is 0 Å². The Hall–Kier alpha value is -0.390. The molecule has 0 amide bonds. The molecule has 1 nitrogen and oxygen atoms in total. The molecule has 0 aromatic heterocycles. The highest BCUT2D eigenvalue weighted by Crippen LogP contribution is 2.34. The van der Waals surface area contributed by atoms with E-state index in [2.05, 4.69) is 60.3 Å². The van der Waals surface area contributed by atoms with Crippen molar-refractivity contribution in [1.29, 1.82) is 0 Å². The molecule has 0 bridgehead atoms. The van der Waals surface area contributed by atoms with Crippen molar-refractivity contribution in [2.75, 3.05) is 0 Å². The zero-order valence-corrected chi connectivity index (χ0v) is 19.6. The van der Waals surface area contributed by atoms with Crippen LogP contribution in [0.4, 0.5) is 0 Å². The van der Waals surface area contributed by atoms with Gasteiger partial charge >= 0.3 is 0 Å². The Kier molecular flexibility index (Phi) is 16.3. The minimum absolute atomic E-state index is 0. The van der Waals surface area contributed by atoms with Gasteiger partial charge in [0.25, 0.3) is 0 Å². The van der Waals surface area contributed by atoms with Gasteiger partial charge in [0.05, 0.1) is 0 Å². The van der Waals surface area contributed by atoms with Gasteiger partial charge < -0.3 is 5.48 Å². The van der Waals surface area contributed by atoms with Crippen molar-refractivity contribution < 1.29 is 5.48 Å². The van der Waals surface area contributed by atoms with Gasteiger partial charge in [-0.2, -0.15) is 0 Å². The van der Waals surface area contributed by atoms with Crippen molar-refractivity contribution in [3.8, 4) is 0 Å². The lowest BCUT2D eigenvalue weighted by molar-refractivity contribution is 0.373. The second-order valence-corrected chi connectivity index (χ2v) is 10.4. The summed E-state index contributed by atoms with van der Waals surface area (Å²) in [5, 5.41) is 0.327. The first-order valence-electron chi connectivity index (χ1n) is 11.4. The number of benzene rings is 1. The van der Waals surface area contributed by atoms with E-state index in [9.17, 15) is 0 Å². The molecule has 1 rings (SSSR count). The summed E-state index contributed by atoms with van der Waals surface area (Å²) >= 11 is 0. The standard InChI is InChI=1S/C25H45P.H2O/c1-4-5-6-7-8-9-10-11-12-13-14-18-21-24(25(2,3)26)22-23-19-16-15-17-20-23;/h15-17,19-20,24H,4-14,18,21-22,26H2,1-3H3;1H2. The van der Waals surface area contributed by atoms with Crippen LogP contribution >= 0.6 is 9.24 Å². The van der Waals surface area contributed by atoms with E-state index in [0.29, 0.717) is 5.16 Å². The third-order valence-corrected chi connectivity index (χ3v) is 6.25. The summed E-state index contributed by atoms with van der Waals surface area (Å²) in [4.78, 5) is 0. The quantitative estimate of drug-likeness (QED) is 0.203. The smallest absolute Gasteiger partial charge is 0.0175 e. The Morgan fingerprint density at radius 3 is 1.63 bits per heavy atom. The molecule has 1 aromatic rings. The van der Waals surface area contributed by atoms with Crippen molar-refractivity contribution in [3.63, 3.8) is 0 Å². The number of unbranched alkanes of at least 4 members (excludes halogenated alkanes) is 11. The lowest BCUT2D eigenvalue weighted by Crippen LogP contribution is -2.26. The van der Waals surface area contributed by atoms with Crippen molar-refractivity contribution in [3.05, 3.63) is 35.9 Å². The second-order valence-electron chi connectivity index (χ2n) is 8.89. The first-order valence-corrected chi connectivity index (χ1v) is 11.9. The number of hydrogen-bond donors (Lipinski definition) is 0. The zero-order valence-electron chi connectivity index (χ0n) is 18.4.